The molecule has 1 aromatic rings. The van der Waals surface area contributed by atoms with E-state index in [1.165, 1.54) is 16.7 Å². The molecule has 0 amide bonds. The molecule has 1 rings (SSSR count). The molecule has 17 heavy (non-hydrogen) atoms. The molecule has 2 nitrogen and oxygen atoms in total. The fourth-order valence-corrected chi connectivity index (χ4v) is 2.04. The summed E-state index contributed by atoms with van der Waals surface area (Å²) in [6.45, 7) is 9.17. The van der Waals surface area contributed by atoms with Gasteiger partial charge >= 0.3 is 0 Å². The molecular weight excluding hydrogens is 210 g/mol. The minimum absolute atomic E-state index is 0.276. The van der Waals surface area contributed by atoms with Gasteiger partial charge in [-0.25, -0.2) is 0 Å². The highest BCUT2D eigenvalue weighted by atomic mass is 16.1. The van der Waals surface area contributed by atoms with Gasteiger partial charge in [0.1, 0.15) is 5.78 Å². The van der Waals surface area contributed by atoms with Gasteiger partial charge in [-0.15, -0.1) is 0 Å². The number of nitrogens with one attached hydrogen (secondary N) is 1. The standard InChI is InChI=1S/C15H23NO/c1-5-16-13(4)9-15(17)10-14-8-11(2)6-7-12(14)3/h6-8,13,16H,5,9-10H2,1-4H3. The predicted molar refractivity (Wildman–Crippen MR) is 72.4 cm³/mol. The highest BCUT2D eigenvalue weighted by Gasteiger charge is 2.10. The first kappa shape index (κ1) is 13.9. The van der Waals surface area contributed by atoms with Crippen molar-refractivity contribution in [2.45, 2.75) is 46.6 Å². The number of aryl methyl sites for hydroxylation is 2. The number of hydrogen-bond acceptors (Lipinski definition) is 2. The smallest absolute Gasteiger partial charge is 0.138 e. The van der Waals surface area contributed by atoms with Crippen molar-refractivity contribution in [2.75, 3.05) is 6.54 Å². The molecule has 0 heterocycles. The van der Waals surface area contributed by atoms with Crippen LogP contribution in [0.4, 0.5) is 0 Å². The van der Waals surface area contributed by atoms with Crippen LogP contribution in [-0.2, 0) is 11.2 Å². The van der Waals surface area contributed by atoms with E-state index < -0.39 is 0 Å². The van der Waals surface area contributed by atoms with E-state index in [4.69, 9.17) is 0 Å². The third-order valence-electron chi connectivity index (χ3n) is 2.98. The van der Waals surface area contributed by atoms with Gasteiger partial charge in [-0.1, -0.05) is 30.7 Å². The first-order valence-electron chi connectivity index (χ1n) is 6.34. The molecule has 0 aliphatic heterocycles. The third kappa shape index (κ3) is 4.70. The predicted octanol–water partition coefficient (Wildman–Crippen LogP) is 2.80. The number of ketones is 1. The Morgan fingerprint density at radius 2 is 2.06 bits per heavy atom. The van der Waals surface area contributed by atoms with Crippen molar-refractivity contribution in [1.82, 2.24) is 5.32 Å². The van der Waals surface area contributed by atoms with Crippen LogP contribution in [0.1, 0.15) is 37.0 Å². The Kier molecular flexibility index (Phi) is 5.36. The molecule has 1 atom stereocenters. The minimum atomic E-state index is 0.276. The zero-order valence-corrected chi connectivity index (χ0v) is 11.3. The van der Waals surface area contributed by atoms with Crippen LogP contribution >= 0.6 is 0 Å². The largest absolute Gasteiger partial charge is 0.314 e. The Hall–Kier alpha value is -1.15. The van der Waals surface area contributed by atoms with E-state index in [1.807, 2.05) is 0 Å². The Bertz CT molecular complexity index is 385. The molecule has 0 aromatic heterocycles. The van der Waals surface area contributed by atoms with Gasteiger partial charge in [0.2, 0.25) is 0 Å². The number of Topliss-reactive ketones (excluding diaryl/α,β-unsaturated/α-hetero) is 1. The minimum Gasteiger partial charge on any atom is -0.314 e. The monoisotopic (exact) mass is 233 g/mol. The molecule has 0 saturated heterocycles. The summed E-state index contributed by atoms with van der Waals surface area (Å²) in [6.07, 6.45) is 1.17. The summed E-state index contributed by atoms with van der Waals surface area (Å²) in [4.78, 5) is 11.9. The van der Waals surface area contributed by atoms with Crippen molar-refractivity contribution in [2.24, 2.45) is 0 Å². The molecule has 2 heteroatoms. The fourth-order valence-electron chi connectivity index (χ4n) is 2.04. The van der Waals surface area contributed by atoms with E-state index >= 15 is 0 Å². The molecule has 1 N–H and O–H groups in total. The van der Waals surface area contributed by atoms with Crippen LogP contribution in [0.5, 0.6) is 0 Å². The summed E-state index contributed by atoms with van der Waals surface area (Å²) in [5.74, 6) is 0.312. The molecule has 0 radical (unpaired) electrons. The molecule has 0 aliphatic carbocycles. The Balaban J connectivity index is 2.58. The first-order chi connectivity index (χ1) is 8.02. The molecule has 94 valence electrons. The highest BCUT2D eigenvalue weighted by molar-refractivity contribution is 5.81. The van der Waals surface area contributed by atoms with Gasteiger partial charge in [0.15, 0.2) is 0 Å². The zero-order chi connectivity index (χ0) is 12.8. The van der Waals surface area contributed by atoms with Crippen molar-refractivity contribution in [1.29, 1.82) is 0 Å². The van der Waals surface area contributed by atoms with Crippen LogP contribution in [0, 0.1) is 13.8 Å². The maximum Gasteiger partial charge on any atom is 0.138 e. The molecule has 0 bridgehead atoms. The summed E-state index contributed by atoms with van der Waals surface area (Å²) in [7, 11) is 0. The number of hydrogen-bond donors (Lipinski definition) is 1. The average molecular weight is 233 g/mol. The van der Waals surface area contributed by atoms with Crippen molar-refractivity contribution in [3.63, 3.8) is 0 Å². The summed E-state index contributed by atoms with van der Waals surface area (Å²) >= 11 is 0. The molecule has 0 aliphatic rings. The Labute approximate surface area is 104 Å². The van der Waals surface area contributed by atoms with Crippen LogP contribution in [0.25, 0.3) is 0 Å². The Morgan fingerprint density at radius 3 is 2.71 bits per heavy atom. The molecule has 1 aromatic carbocycles. The number of rotatable bonds is 6. The highest BCUT2D eigenvalue weighted by Crippen LogP contribution is 2.12. The van der Waals surface area contributed by atoms with Crippen LogP contribution in [0.3, 0.4) is 0 Å². The van der Waals surface area contributed by atoms with E-state index in [0.29, 0.717) is 18.6 Å². The lowest BCUT2D eigenvalue weighted by Gasteiger charge is -2.12. The van der Waals surface area contributed by atoms with Crippen LogP contribution in [0.15, 0.2) is 18.2 Å². The molecule has 0 saturated carbocycles. The summed E-state index contributed by atoms with van der Waals surface area (Å²) in [5, 5.41) is 3.27. The Morgan fingerprint density at radius 1 is 1.35 bits per heavy atom. The summed E-state index contributed by atoms with van der Waals surface area (Å²) in [5.41, 5.74) is 3.59. The number of carbonyl (C=O) groups excluding carboxylic acids is 1. The van der Waals surface area contributed by atoms with Crippen molar-refractivity contribution in [3.05, 3.63) is 34.9 Å². The van der Waals surface area contributed by atoms with Gasteiger partial charge in [-0.05, 0) is 38.4 Å². The van der Waals surface area contributed by atoms with Gasteiger partial charge in [0.05, 0.1) is 0 Å². The summed E-state index contributed by atoms with van der Waals surface area (Å²) < 4.78 is 0. The zero-order valence-electron chi connectivity index (χ0n) is 11.3. The van der Waals surface area contributed by atoms with Crippen molar-refractivity contribution < 1.29 is 4.79 Å². The molecule has 0 spiro atoms. The third-order valence-corrected chi connectivity index (χ3v) is 2.98. The van der Waals surface area contributed by atoms with Gasteiger partial charge in [0.25, 0.3) is 0 Å². The second-order valence-corrected chi connectivity index (χ2v) is 4.81. The van der Waals surface area contributed by atoms with Gasteiger partial charge in [0, 0.05) is 18.9 Å². The number of carbonyl (C=O) groups is 1. The maximum atomic E-state index is 11.9. The molecule has 0 fully saturated rings. The van der Waals surface area contributed by atoms with Crippen LogP contribution in [-0.4, -0.2) is 18.4 Å². The molecular formula is C15H23NO. The van der Waals surface area contributed by atoms with E-state index in [2.05, 4.69) is 51.2 Å². The topological polar surface area (TPSA) is 29.1 Å². The average Bonchev–Trinajstić information content (AvgIpc) is 2.23. The maximum absolute atomic E-state index is 11.9. The number of benzene rings is 1. The second-order valence-electron chi connectivity index (χ2n) is 4.81. The second kappa shape index (κ2) is 6.55. The van der Waals surface area contributed by atoms with E-state index in [0.717, 1.165) is 6.54 Å². The van der Waals surface area contributed by atoms with Crippen molar-refractivity contribution >= 4 is 5.78 Å². The van der Waals surface area contributed by atoms with E-state index in [1.54, 1.807) is 0 Å². The quantitative estimate of drug-likeness (QED) is 0.818. The first-order valence-corrected chi connectivity index (χ1v) is 6.34. The lowest BCUT2D eigenvalue weighted by atomic mass is 9.98. The fraction of sp³-hybridized carbons (Fsp3) is 0.533. The normalized spacial score (nSPS) is 12.5. The van der Waals surface area contributed by atoms with E-state index in [-0.39, 0.29) is 6.04 Å². The lowest BCUT2D eigenvalue weighted by Crippen LogP contribution is -2.28. The van der Waals surface area contributed by atoms with Crippen LogP contribution < -0.4 is 5.32 Å². The molecule has 1 unspecified atom stereocenters. The summed E-state index contributed by atoms with van der Waals surface area (Å²) in [6, 6.07) is 6.57. The van der Waals surface area contributed by atoms with E-state index in [9.17, 15) is 4.79 Å². The SMILES string of the molecule is CCNC(C)CC(=O)Cc1cc(C)ccc1C. The van der Waals surface area contributed by atoms with Gasteiger partial charge < -0.3 is 5.32 Å². The lowest BCUT2D eigenvalue weighted by molar-refractivity contribution is -0.118. The van der Waals surface area contributed by atoms with Crippen LogP contribution in [0.2, 0.25) is 0 Å². The van der Waals surface area contributed by atoms with Crippen molar-refractivity contribution in [3.8, 4) is 0 Å². The van der Waals surface area contributed by atoms with Gasteiger partial charge in [-0.2, -0.15) is 0 Å². The van der Waals surface area contributed by atoms with Gasteiger partial charge in [-0.3, -0.25) is 4.79 Å².